The third-order valence-electron chi connectivity index (χ3n) is 2.78. The quantitative estimate of drug-likeness (QED) is 0.795. The molecule has 6 nitrogen and oxygen atoms in total. The summed E-state index contributed by atoms with van der Waals surface area (Å²) in [5.74, 6) is 0.802. The second kappa shape index (κ2) is 7.48. The maximum Gasteiger partial charge on any atom is 0.323 e. The fourth-order valence-corrected chi connectivity index (χ4v) is 2.81. The number of hydrogen-bond acceptors (Lipinski definition) is 4. The van der Waals surface area contributed by atoms with Crippen molar-refractivity contribution in [3.8, 4) is 0 Å². The van der Waals surface area contributed by atoms with Crippen LogP contribution in [0.5, 0.6) is 0 Å². The number of methoxy groups -OCH3 is 1. The molecule has 104 valence electrons. The summed E-state index contributed by atoms with van der Waals surface area (Å²) in [7, 11) is 1.53. The van der Waals surface area contributed by atoms with Crippen LogP contribution in [-0.2, 0) is 9.53 Å². The first-order chi connectivity index (χ1) is 8.56. The molecule has 0 spiro atoms. The number of carbonyl (C=O) groups is 2. The number of amides is 2. The first-order valence-corrected chi connectivity index (χ1v) is 7.05. The number of rotatable bonds is 5. The number of nitrogens with zero attached hydrogens (tertiary/aromatic N) is 2. The second-order valence-electron chi connectivity index (χ2n) is 4.21. The monoisotopic (exact) mass is 276 g/mol. The van der Waals surface area contributed by atoms with Crippen LogP contribution in [0.4, 0.5) is 4.79 Å². The van der Waals surface area contributed by atoms with Crippen molar-refractivity contribution in [2.45, 2.75) is 13.0 Å². The summed E-state index contributed by atoms with van der Waals surface area (Å²) in [5.41, 5.74) is 0. The molecule has 1 fully saturated rings. The molecule has 1 saturated heterocycles. The first-order valence-electron chi connectivity index (χ1n) is 5.90. The highest BCUT2D eigenvalue weighted by Crippen LogP contribution is 2.17. The van der Waals surface area contributed by atoms with Crippen LogP contribution in [0.3, 0.4) is 0 Å². The van der Waals surface area contributed by atoms with Crippen LogP contribution >= 0.6 is 11.8 Å². The van der Waals surface area contributed by atoms with E-state index in [0.717, 1.165) is 11.5 Å². The Hall–Kier alpha value is -0.950. The van der Waals surface area contributed by atoms with E-state index in [1.807, 2.05) is 18.7 Å². The zero-order chi connectivity index (χ0) is 13.5. The molecule has 1 N–H and O–H groups in total. The first kappa shape index (κ1) is 15.1. The highest BCUT2D eigenvalue weighted by molar-refractivity contribution is 7.99. The van der Waals surface area contributed by atoms with Gasteiger partial charge in [-0.3, -0.25) is 4.79 Å². The van der Waals surface area contributed by atoms with Crippen molar-refractivity contribution in [3.05, 3.63) is 0 Å². The largest absolute Gasteiger partial charge is 0.480 e. The fraction of sp³-hybridized carbons (Fsp3) is 0.818. The summed E-state index contributed by atoms with van der Waals surface area (Å²) >= 11 is 1.81. The third-order valence-corrected chi connectivity index (χ3v) is 3.96. The lowest BCUT2D eigenvalue weighted by atomic mass is 10.3. The number of aliphatic carboxylic acids is 1. The van der Waals surface area contributed by atoms with Gasteiger partial charge in [0.2, 0.25) is 0 Å². The van der Waals surface area contributed by atoms with Gasteiger partial charge in [0.25, 0.3) is 0 Å². The van der Waals surface area contributed by atoms with Crippen molar-refractivity contribution in [3.63, 3.8) is 0 Å². The van der Waals surface area contributed by atoms with Crippen molar-refractivity contribution < 1.29 is 19.4 Å². The van der Waals surface area contributed by atoms with E-state index in [2.05, 4.69) is 0 Å². The summed E-state index contributed by atoms with van der Waals surface area (Å²) in [4.78, 5) is 26.1. The Balaban J connectivity index is 2.63. The molecular weight excluding hydrogens is 256 g/mol. The van der Waals surface area contributed by atoms with Crippen LogP contribution in [0.25, 0.3) is 0 Å². The van der Waals surface area contributed by atoms with E-state index in [9.17, 15) is 9.59 Å². The zero-order valence-electron chi connectivity index (χ0n) is 10.8. The van der Waals surface area contributed by atoms with Gasteiger partial charge in [-0.25, -0.2) is 4.79 Å². The molecule has 0 aromatic heterocycles. The Bertz CT molecular complexity index is 301. The molecule has 2 amide bonds. The number of ether oxygens (including phenoxy) is 1. The van der Waals surface area contributed by atoms with E-state index in [0.29, 0.717) is 19.7 Å². The lowest BCUT2D eigenvalue weighted by Crippen LogP contribution is -2.52. The smallest absolute Gasteiger partial charge is 0.323 e. The van der Waals surface area contributed by atoms with Crippen molar-refractivity contribution in [1.82, 2.24) is 9.80 Å². The average Bonchev–Trinajstić information content (AvgIpc) is 2.34. The average molecular weight is 276 g/mol. The molecule has 7 heteroatoms. The van der Waals surface area contributed by atoms with Crippen molar-refractivity contribution >= 4 is 23.8 Å². The molecule has 1 unspecified atom stereocenters. The summed E-state index contributed by atoms with van der Waals surface area (Å²) in [6.45, 7) is 3.03. The minimum atomic E-state index is -1.00. The zero-order valence-corrected chi connectivity index (χ0v) is 11.6. The minimum Gasteiger partial charge on any atom is -0.480 e. The molecule has 0 aliphatic carbocycles. The molecule has 1 atom stereocenters. The normalized spacial score (nSPS) is 19.7. The Labute approximate surface area is 111 Å². The minimum absolute atomic E-state index is 0.148. The van der Waals surface area contributed by atoms with E-state index in [1.165, 1.54) is 12.0 Å². The summed E-state index contributed by atoms with van der Waals surface area (Å²) in [5, 5.41) is 8.84. The van der Waals surface area contributed by atoms with Crippen molar-refractivity contribution in [1.29, 1.82) is 0 Å². The van der Waals surface area contributed by atoms with Gasteiger partial charge < -0.3 is 19.6 Å². The van der Waals surface area contributed by atoms with Gasteiger partial charge in [-0.05, 0) is 6.92 Å². The van der Waals surface area contributed by atoms with Gasteiger partial charge in [-0.1, -0.05) is 0 Å². The molecular formula is C11H20N2O4S. The van der Waals surface area contributed by atoms with Gasteiger partial charge in [0, 0.05) is 37.7 Å². The van der Waals surface area contributed by atoms with Crippen molar-refractivity contribution in [2.75, 3.05) is 44.9 Å². The number of urea groups is 1. The molecule has 0 aromatic carbocycles. The SMILES string of the molecule is COCCN(CC(=O)O)C(=O)N1CCSCC1C. The number of thioether (sulfide) groups is 1. The molecule has 1 aliphatic heterocycles. The van der Waals surface area contributed by atoms with Crippen LogP contribution in [0.1, 0.15) is 6.92 Å². The van der Waals surface area contributed by atoms with Gasteiger partial charge in [-0.2, -0.15) is 11.8 Å². The summed E-state index contributed by atoms with van der Waals surface area (Å²) in [6, 6.07) is -0.0580. The molecule has 0 bridgehead atoms. The Morgan fingerprint density at radius 1 is 1.56 bits per heavy atom. The maximum atomic E-state index is 12.3. The Morgan fingerprint density at radius 3 is 2.83 bits per heavy atom. The summed E-state index contributed by atoms with van der Waals surface area (Å²) in [6.07, 6.45) is 0. The molecule has 18 heavy (non-hydrogen) atoms. The Kier molecular flexibility index (Phi) is 6.28. The third kappa shape index (κ3) is 4.38. The van der Waals surface area contributed by atoms with Gasteiger partial charge in [-0.15, -0.1) is 0 Å². The number of carbonyl (C=O) groups excluding carboxylic acids is 1. The van der Waals surface area contributed by atoms with Gasteiger partial charge in [0.1, 0.15) is 6.54 Å². The highest BCUT2D eigenvalue weighted by Gasteiger charge is 2.28. The second-order valence-corrected chi connectivity index (χ2v) is 5.36. The van der Waals surface area contributed by atoms with E-state index in [-0.39, 0.29) is 18.6 Å². The van der Waals surface area contributed by atoms with Crippen LogP contribution in [0.2, 0.25) is 0 Å². The lowest BCUT2D eigenvalue weighted by molar-refractivity contribution is -0.137. The molecule has 1 heterocycles. The molecule has 0 aromatic rings. The summed E-state index contributed by atoms with van der Waals surface area (Å²) < 4.78 is 4.91. The van der Waals surface area contributed by atoms with Gasteiger partial charge >= 0.3 is 12.0 Å². The molecule has 0 radical (unpaired) electrons. The maximum absolute atomic E-state index is 12.3. The highest BCUT2D eigenvalue weighted by atomic mass is 32.2. The van der Waals surface area contributed by atoms with Crippen LogP contribution < -0.4 is 0 Å². The van der Waals surface area contributed by atoms with E-state index < -0.39 is 5.97 Å². The van der Waals surface area contributed by atoms with Gasteiger partial charge in [0.15, 0.2) is 0 Å². The number of hydrogen-bond donors (Lipinski definition) is 1. The fourth-order valence-electron chi connectivity index (χ4n) is 1.80. The molecule has 1 rings (SSSR count). The van der Waals surface area contributed by atoms with E-state index in [4.69, 9.17) is 9.84 Å². The van der Waals surface area contributed by atoms with Crippen LogP contribution in [0, 0.1) is 0 Å². The van der Waals surface area contributed by atoms with Gasteiger partial charge in [0.05, 0.1) is 6.61 Å². The van der Waals surface area contributed by atoms with E-state index >= 15 is 0 Å². The van der Waals surface area contributed by atoms with Crippen molar-refractivity contribution in [2.24, 2.45) is 0 Å². The number of carboxylic acid groups (broad SMARTS) is 1. The predicted molar refractivity (Wildman–Crippen MR) is 70.0 cm³/mol. The van der Waals surface area contributed by atoms with E-state index in [1.54, 1.807) is 4.90 Å². The number of carboxylic acids is 1. The molecule has 0 saturated carbocycles. The van der Waals surface area contributed by atoms with Crippen LogP contribution in [0.15, 0.2) is 0 Å². The van der Waals surface area contributed by atoms with Crippen LogP contribution in [-0.4, -0.2) is 77.8 Å². The topological polar surface area (TPSA) is 70.1 Å². The standard InChI is InChI=1S/C11H20N2O4S/c1-9-8-18-6-4-13(9)11(16)12(3-5-17-2)7-10(14)15/h9H,3-8H2,1-2H3,(H,14,15). The predicted octanol–water partition coefficient (Wildman–Crippen LogP) is 0.577. The molecule has 1 aliphatic rings. The lowest BCUT2D eigenvalue weighted by Gasteiger charge is -2.36. The Morgan fingerprint density at radius 2 is 2.28 bits per heavy atom.